The molecule has 128 valence electrons. The molecule has 0 radical (unpaired) electrons. The summed E-state index contributed by atoms with van der Waals surface area (Å²) in [4.78, 5) is 14.6. The molecule has 1 amide bonds. The van der Waals surface area contributed by atoms with Crippen LogP contribution < -0.4 is 0 Å². The number of hydrogen-bond donors (Lipinski definition) is 0. The number of hydrogen-bond acceptors (Lipinski definition) is 5. The van der Waals surface area contributed by atoms with Gasteiger partial charge in [-0.05, 0) is 28.8 Å². The van der Waals surface area contributed by atoms with Crippen molar-refractivity contribution in [1.82, 2.24) is 4.90 Å². The van der Waals surface area contributed by atoms with Gasteiger partial charge in [-0.2, -0.15) is 0 Å². The van der Waals surface area contributed by atoms with Gasteiger partial charge in [0.25, 0.3) is 0 Å². The second kappa shape index (κ2) is 6.13. The number of benzene rings is 1. The fourth-order valence-corrected chi connectivity index (χ4v) is 6.47. The molecule has 1 aromatic heterocycles. The Balaban J connectivity index is 1.58. The Bertz CT molecular complexity index is 874. The Labute approximate surface area is 145 Å². The standard InChI is InChI=1S/C17H19NO4S2/c19-17(9-12-11-23-15-4-2-1-3-13(12)15)18-6-8-24(20,21)16-10-22-7-5-14(16)18/h1-4,11,14,16H,5-10H2. The molecule has 0 N–H and O–H groups in total. The fraction of sp³-hybridized carbons (Fsp3) is 0.471. The monoisotopic (exact) mass is 365 g/mol. The minimum Gasteiger partial charge on any atom is -0.380 e. The molecular formula is C17H19NO4S2. The molecule has 2 unspecified atom stereocenters. The summed E-state index contributed by atoms with van der Waals surface area (Å²) in [5, 5.41) is 2.58. The van der Waals surface area contributed by atoms with Crippen LogP contribution in [-0.2, 0) is 25.8 Å². The molecule has 2 saturated heterocycles. The first-order valence-corrected chi connectivity index (χ1v) is 10.7. The maximum Gasteiger partial charge on any atom is 0.227 e. The number of ether oxygens (including phenoxy) is 1. The molecule has 1 aromatic carbocycles. The van der Waals surface area contributed by atoms with Crippen LogP contribution >= 0.6 is 11.3 Å². The molecule has 0 spiro atoms. The summed E-state index contributed by atoms with van der Waals surface area (Å²) >= 11 is 1.64. The minimum absolute atomic E-state index is 0.0188. The number of thiophene rings is 1. The molecular weight excluding hydrogens is 346 g/mol. The number of rotatable bonds is 2. The molecule has 0 aliphatic carbocycles. The van der Waals surface area contributed by atoms with Crippen molar-refractivity contribution in [2.24, 2.45) is 0 Å². The lowest BCUT2D eigenvalue weighted by Crippen LogP contribution is -2.60. The van der Waals surface area contributed by atoms with Crippen molar-refractivity contribution in [2.45, 2.75) is 24.1 Å². The van der Waals surface area contributed by atoms with Crippen molar-refractivity contribution in [3.8, 4) is 0 Å². The Hall–Kier alpha value is -1.44. The summed E-state index contributed by atoms with van der Waals surface area (Å²) in [6, 6.07) is 7.81. The second-order valence-electron chi connectivity index (χ2n) is 6.36. The van der Waals surface area contributed by atoms with E-state index in [4.69, 9.17) is 4.74 Å². The van der Waals surface area contributed by atoms with E-state index in [1.54, 1.807) is 16.2 Å². The lowest BCUT2D eigenvalue weighted by Gasteiger charge is -2.43. The number of sulfone groups is 1. The van der Waals surface area contributed by atoms with Gasteiger partial charge in [-0.25, -0.2) is 8.42 Å². The highest BCUT2D eigenvalue weighted by atomic mass is 32.2. The molecule has 2 aromatic rings. The van der Waals surface area contributed by atoms with E-state index in [2.05, 4.69) is 6.07 Å². The third-order valence-electron chi connectivity index (χ3n) is 4.97. The smallest absolute Gasteiger partial charge is 0.227 e. The SMILES string of the molecule is O=C(Cc1csc2ccccc12)N1CCS(=O)(=O)C2COCCC21. The van der Waals surface area contributed by atoms with Crippen LogP contribution in [0.2, 0.25) is 0 Å². The summed E-state index contributed by atoms with van der Waals surface area (Å²) in [6.45, 7) is 1.02. The second-order valence-corrected chi connectivity index (χ2v) is 9.61. The number of nitrogens with zero attached hydrogens (tertiary/aromatic N) is 1. The van der Waals surface area contributed by atoms with Gasteiger partial charge in [0.1, 0.15) is 5.25 Å². The third-order valence-corrected chi connectivity index (χ3v) is 8.11. The van der Waals surface area contributed by atoms with Gasteiger partial charge in [0.05, 0.1) is 24.8 Å². The molecule has 2 fully saturated rings. The number of carbonyl (C=O) groups excluding carboxylic acids is 1. The highest BCUT2D eigenvalue weighted by molar-refractivity contribution is 7.92. The van der Waals surface area contributed by atoms with Crippen molar-refractivity contribution in [3.05, 3.63) is 35.2 Å². The van der Waals surface area contributed by atoms with E-state index >= 15 is 0 Å². The van der Waals surface area contributed by atoms with Crippen LogP contribution in [0, 0.1) is 0 Å². The molecule has 0 saturated carbocycles. The van der Waals surface area contributed by atoms with E-state index in [1.165, 1.54) is 4.70 Å². The number of carbonyl (C=O) groups is 1. The van der Waals surface area contributed by atoms with Gasteiger partial charge in [0, 0.05) is 17.9 Å². The van der Waals surface area contributed by atoms with Crippen molar-refractivity contribution < 1.29 is 17.9 Å². The maximum absolute atomic E-state index is 12.9. The van der Waals surface area contributed by atoms with E-state index in [-0.39, 0.29) is 24.3 Å². The molecule has 7 heteroatoms. The van der Waals surface area contributed by atoms with Gasteiger partial charge in [-0.1, -0.05) is 18.2 Å². The lowest BCUT2D eigenvalue weighted by molar-refractivity contribution is -0.134. The molecule has 2 atom stereocenters. The zero-order chi connectivity index (χ0) is 16.7. The molecule has 4 rings (SSSR count). The molecule has 2 aliphatic heterocycles. The highest BCUT2D eigenvalue weighted by Gasteiger charge is 2.44. The van der Waals surface area contributed by atoms with Gasteiger partial charge in [0.15, 0.2) is 9.84 Å². The summed E-state index contributed by atoms with van der Waals surface area (Å²) in [5.74, 6) is 0.0542. The summed E-state index contributed by atoms with van der Waals surface area (Å²) in [7, 11) is -3.16. The molecule has 2 aliphatic rings. The highest BCUT2D eigenvalue weighted by Crippen LogP contribution is 2.29. The van der Waals surface area contributed by atoms with Crippen LogP contribution in [-0.4, -0.2) is 56.0 Å². The van der Waals surface area contributed by atoms with Gasteiger partial charge in [-0.3, -0.25) is 4.79 Å². The lowest BCUT2D eigenvalue weighted by atomic mass is 10.0. The van der Waals surface area contributed by atoms with Crippen LogP contribution in [0.3, 0.4) is 0 Å². The fourth-order valence-electron chi connectivity index (χ4n) is 3.69. The first-order valence-electron chi connectivity index (χ1n) is 8.10. The quantitative estimate of drug-likeness (QED) is 0.815. The number of amides is 1. The maximum atomic E-state index is 12.9. The van der Waals surface area contributed by atoms with E-state index < -0.39 is 15.1 Å². The Morgan fingerprint density at radius 3 is 3.04 bits per heavy atom. The van der Waals surface area contributed by atoms with Crippen molar-refractivity contribution in [1.29, 1.82) is 0 Å². The van der Waals surface area contributed by atoms with Gasteiger partial charge >= 0.3 is 0 Å². The summed E-state index contributed by atoms with van der Waals surface area (Å²) < 4.78 is 31.0. The third kappa shape index (κ3) is 2.74. The van der Waals surface area contributed by atoms with Crippen LogP contribution in [0.25, 0.3) is 10.1 Å². The minimum atomic E-state index is -3.16. The van der Waals surface area contributed by atoms with Gasteiger partial charge < -0.3 is 9.64 Å². The Morgan fingerprint density at radius 2 is 2.17 bits per heavy atom. The Kier molecular flexibility index (Phi) is 4.10. The van der Waals surface area contributed by atoms with Crippen molar-refractivity contribution in [2.75, 3.05) is 25.5 Å². The Morgan fingerprint density at radius 1 is 1.33 bits per heavy atom. The predicted octanol–water partition coefficient (Wildman–Crippen LogP) is 1.86. The average Bonchev–Trinajstić information content (AvgIpc) is 2.98. The van der Waals surface area contributed by atoms with E-state index in [0.717, 1.165) is 10.9 Å². The van der Waals surface area contributed by atoms with E-state index in [9.17, 15) is 13.2 Å². The molecule has 5 nitrogen and oxygen atoms in total. The van der Waals surface area contributed by atoms with E-state index in [1.807, 2.05) is 23.6 Å². The topological polar surface area (TPSA) is 63.7 Å². The molecule has 3 heterocycles. The van der Waals surface area contributed by atoms with Crippen LogP contribution in [0.15, 0.2) is 29.6 Å². The van der Waals surface area contributed by atoms with Crippen LogP contribution in [0.5, 0.6) is 0 Å². The van der Waals surface area contributed by atoms with Crippen LogP contribution in [0.4, 0.5) is 0 Å². The normalized spacial score (nSPS) is 26.2. The van der Waals surface area contributed by atoms with Gasteiger partial charge in [-0.15, -0.1) is 11.3 Å². The van der Waals surface area contributed by atoms with Gasteiger partial charge in [0.2, 0.25) is 5.91 Å². The molecule has 24 heavy (non-hydrogen) atoms. The summed E-state index contributed by atoms with van der Waals surface area (Å²) in [5.41, 5.74) is 1.03. The zero-order valence-corrected chi connectivity index (χ0v) is 14.8. The summed E-state index contributed by atoms with van der Waals surface area (Å²) in [6.07, 6.45) is 0.925. The largest absolute Gasteiger partial charge is 0.380 e. The molecule has 0 bridgehead atoms. The average molecular weight is 365 g/mol. The van der Waals surface area contributed by atoms with Crippen LogP contribution in [0.1, 0.15) is 12.0 Å². The van der Waals surface area contributed by atoms with Crippen molar-refractivity contribution in [3.63, 3.8) is 0 Å². The number of fused-ring (bicyclic) bond motifs is 2. The van der Waals surface area contributed by atoms with E-state index in [0.29, 0.717) is 26.0 Å². The first-order chi connectivity index (χ1) is 11.6. The first kappa shape index (κ1) is 16.1. The predicted molar refractivity (Wildman–Crippen MR) is 94.0 cm³/mol. The zero-order valence-electron chi connectivity index (χ0n) is 13.2. The van der Waals surface area contributed by atoms with Crippen molar-refractivity contribution >= 4 is 37.2 Å².